The van der Waals surface area contributed by atoms with Gasteiger partial charge in [-0.15, -0.1) is 5.10 Å². The van der Waals surface area contributed by atoms with E-state index in [1.54, 1.807) is 12.3 Å². The molecule has 0 saturated carbocycles. The van der Waals surface area contributed by atoms with E-state index in [0.29, 0.717) is 22.9 Å². The molecule has 5 nitrogen and oxygen atoms in total. The van der Waals surface area contributed by atoms with E-state index < -0.39 is 0 Å². The molecule has 0 bridgehead atoms. The van der Waals surface area contributed by atoms with Gasteiger partial charge in [0.05, 0.1) is 12.8 Å². The van der Waals surface area contributed by atoms with Crippen LogP contribution in [0.3, 0.4) is 0 Å². The average molecular weight is 285 g/mol. The third kappa shape index (κ3) is 2.60. The summed E-state index contributed by atoms with van der Waals surface area (Å²) in [6.07, 6.45) is 1.57. The molecule has 1 amide bonds. The first-order chi connectivity index (χ1) is 9.84. The van der Waals surface area contributed by atoms with Crippen molar-refractivity contribution in [3.8, 4) is 11.3 Å². The van der Waals surface area contributed by atoms with Gasteiger partial charge in [-0.3, -0.25) is 4.79 Å². The largest absolute Gasteiger partial charge is 0.467 e. The van der Waals surface area contributed by atoms with Crippen molar-refractivity contribution in [3.63, 3.8) is 0 Å². The van der Waals surface area contributed by atoms with Crippen LogP contribution in [0, 0.1) is 0 Å². The molecule has 0 atom stereocenters. The molecule has 100 valence electrons. The monoisotopic (exact) mass is 285 g/mol. The number of amides is 1. The van der Waals surface area contributed by atoms with E-state index in [-0.39, 0.29) is 5.91 Å². The predicted octanol–water partition coefficient (Wildman–Crippen LogP) is 2.73. The van der Waals surface area contributed by atoms with Crippen molar-refractivity contribution in [3.05, 3.63) is 59.4 Å². The molecule has 0 aliphatic carbocycles. The second kappa shape index (κ2) is 5.66. The second-order valence-electron chi connectivity index (χ2n) is 4.08. The number of hydrogen-bond acceptors (Lipinski definition) is 5. The molecule has 3 aromatic rings. The summed E-state index contributed by atoms with van der Waals surface area (Å²) in [5.74, 6) is 0.507. The zero-order chi connectivity index (χ0) is 13.8. The van der Waals surface area contributed by atoms with E-state index in [0.717, 1.165) is 17.1 Å². The molecule has 1 N–H and O–H groups in total. The van der Waals surface area contributed by atoms with Crippen molar-refractivity contribution >= 4 is 17.4 Å². The summed E-state index contributed by atoms with van der Waals surface area (Å²) in [6, 6.07) is 13.1. The number of aromatic nitrogens is 2. The van der Waals surface area contributed by atoms with Gasteiger partial charge in [0, 0.05) is 5.56 Å². The van der Waals surface area contributed by atoms with Crippen LogP contribution in [0.25, 0.3) is 11.3 Å². The van der Waals surface area contributed by atoms with Crippen molar-refractivity contribution in [2.45, 2.75) is 6.54 Å². The van der Waals surface area contributed by atoms with Crippen LogP contribution in [0.15, 0.2) is 53.1 Å². The lowest BCUT2D eigenvalue weighted by molar-refractivity contribution is 0.0952. The van der Waals surface area contributed by atoms with Crippen LogP contribution >= 0.6 is 11.5 Å². The Kier molecular flexibility index (Phi) is 3.56. The maximum Gasteiger partial charge on any atom is 0.265 e. The van der Waals surface area contributed by atoms with Crippen LogP contribution in [0.5, 0.6) is 0 Å². The highest BCUT2D eigenvalue weighted by Crippen LogP contribution is 2.23. The Bertz CT molecular complexity index is 692. The van der Waals surface area contributed by atoms with Crippen LogP contribution in [0.4, 0.5) is 0 Å². The number of hydrogen-bond donors (Lipinski definition) is 1. The molecule has 2 heterocycles. The quantitative estimate of drug-likeness (QED) is 0.800. The number of furan rings is 1. The first-order valence-corrected chi connectivity index (χ1v) is 6.80. The van der Waals surface area contributed by atoms with Gasteiger partial charge in [-0.05, 0) is 23.7 Å². The molecular formula is C14H11N3O2S. The van der Waals surface area contributed by atoms with E-state index in [1.807, 2.05) is 36.4 Å². The summed E-state index contributed by atoms with van der Waals surface area (Å²) in [7, 11) is 0. The normalized spacial score (nSPS) is 10.4. The number of nitrogens with one attached hydrogen (secondary N) is 1. The lowest BCUT2D eigenvalue weighted by Gasteiger charge is -2.02. The molecule has 2 aromatic heterocycles. The van der Waals surface area contributed by atoms with Gasteiger partial charge in [0.15, 0.2) is 0 Å². The van der Waals surface area contributed by atoms with Gasteiger partial charge < -0.3 is 9.73 Å². The number of carbonyl (C=O) groups is 1. The third-order valence-electron chi connectivity index (χ3n) is 2.74. The minimum atomic E-state index is -0.199. The highest BCUT2D eigenvalue weighted by atomic mass is 32.1. The van der Waals surface area contributed by atoms with Crippen LogP contribution < -0.4 is 5.32 Å². The Morgan fingerprint density at radius 3 is 2.80 bits per heavy atom. The van der Waals surface area contributed by atoms with Crippen LogP contribution in [0.1, 0.15) is 15.4 Å². The van der Waals surface area contributed by atoms with Crippen LogP contribution in [0.2, 0.25) is 0 Å². The van der Waals surface area contributed by atoms with Gasteiger partial charge in [0.25, 0.3) is 5.91 Å². The predicted molar refractivity (Wildman–Crippen MR) is 75.2 cm³/mol. The van der Waals surface area contributed by atoms with Crippen molar-refractivity contribution in [1.29, 1.82) is 0 Å². The minimum Gasteiger partial charge on any atom is -0.467 e. The zero-order valence-electron chi connectivity index (χ0n) is 10.4. The average Bonchev–Trinajstić information content (AvgIpc) is 3.17. The SMILES string of the molecule is O=C(NCc1ccco1)c1snnc1-c1ccccc1. The Balaban J connectivity index is 1.77. The van der Waals surface area contributed by atoms with Gasteiger partial charge in [-0.1, -0.05) is 34.8 Å². The molecule has 6 heteroatoms. The summed E-state index contributed by atoms with van der Waals surface area (Å²) in [6.45, 7) is 0.345. The maximum absolute atomic E-state index is 12.2. The number of rotatable bonds is 4. The van der Waals surface area contributed by atoms with Gasteiger partial charge in [0.2, 0.25) is 0 Å². The number of benzene rings is 1. The van der Waals surface area contributed by atoms with Crippen molar-refractivity contribution < 1.29 is 9.21 Å². The fourth-order valence-electron chi connectivity index (χ4n) is 1.79. The van der Waals surface area contributed by atoms with Crippen molar-refractivity contribution in [1.82, 2.24) is 14.9 Å². The first-order valence-electron chi connectivity index (χ1n) is 6.03. The molecule has 20 heavy (non-hydrogen) atoms. The van der Waals surface area contributed by atoms with E-state index in [1.165, 1.54) is 0 Å². The minimum absolute atomic E-state index is 0.199. The Morgan fingerprint density at radius 2 is 2.05 bits per heavy atom. The molecule has 0 saturated heterocycles. The number of carbonyl (C=O) groups excluding carboxylic acids is 1. The molecular weight excluding hydrogens is 274 g/mol. The summed E-state index contributed by atoms with van der Waals surface area (Å²) in [5, 5.41) is 6.83. The summed E-state index contributed by atoms with van der Waals surface area (Å²) < 4.78 is 9.05. The molecule has 0 spiro atoms. The number of nitrogens with zero attached hydrogens (tertiary/aromatic N) is 2. The molecule has 0 unspecified atom stereocenters. The van der Waals surface area contributed by atoms with Gasteiger partial charge in [0.1, 0.15) is 16.3 Å². The zero-order valence-corrected chi connectivity index (χ0v) is 11.3. The fraction of sp³-hybridized carbons (Fsp3) is 0.0714. The smallest absolute Gasteiger partial charge is 0.265 e. The standard InChI is InChI=1S/C14H11N3O2S/c18-14(15-9-11-7-4-8-19-11)13-12(16-17-20-13)10-5-2-1-3-6-10/h1-8H,9H2,(H,15,18). The Hall–Kier alpha value is -2.47. The van der Waals surface area contributed by atoms with Crippen LogP contribution in [-0.4, -0.2) is 15.5 Å². The first kappa shape index (κ1) is 12.6. The van der Waals surface area contributed by atoms with Gasteiger partial charge >= 0.3 is 0 Å². The lowest BCUT2D eigenvalue weighted by atomic mass is 10.1. The molecule has 0 aliphatic rings. The highest BCUT2D eigenvalue weighted by molar-refractivity contribution is 7.08. The summed E-state index contributed by atoms with van der Waals surface area (Å²) in [5.41, 5.74) is 1.48. The summed E-state index contributed by atoms with van der Waals surface area (Å²) in [4.78, 5) is 12.7. The Labute approximate surface area is 119 Å². The summed E-state index contributed by atoms with van der Waals surface area (Å²) >= 11 is 1.09. The fourth-order valence-corrected chi connectivity index (χ4v) is 2.39. The van der Waals surface area contributed by atoms with Crippen molar-refractivity contribution in [2.75, 3.05) is 0 Å². The Morgan fingerprint density at radius 1 is 1.20 bits per heavy atom. The second-order valence-corrected chi connectivity index (χ2v) is 4.83. The molecule has 0 fully saturated rings. The molecule has 0 aliphatic heterocycles. The van der Waals surface area contributed by atoms with E-state index >= 15 is 0 Å². The molecule has 0 radical (unpaired) electrons. The van der Waals surface area contributed by atoms with E-state index in [4.69, 9.17) is 4.42 Å². The van der Waals surface area contributed by atoms with Crippen molar-refractivity contribution in [2.24, 2.45) is 0 Å². The van der Waals surface area contributed by atoms with Gasteiger partial charge in [-0.25, -0.2) is 0 Å². The van der Waals surface area contributed by atoms with E-state index in [2.05, 4.69) is 14.9 Å². The third-order valence-corrected chi connectivity index (χ3v) is 3.47. The maximum atomic E-state index is 12.2. The molecule has 1 aromatic carbocycles. The molecule has 3 rings (SSSR count). The lowest BCUT2D eigenvalue weighted by Crippen LogP contribution is -2.22. The van der Waals surface area contributed by atoms with Gasteiger partial charge in [-0.2, -0.15) is 0 Å². The topological polar surface area (TPSA) is 68.0 Å². The van der Waals surface area contributed by atoms with E-state index in [9.17, 15) is 4.79 Å². The van der Waals surface area contributed by atoms with Crippen LogP contribution in [-0.2, 0) is 6.54 Å². The highest BCUT2D eigenvalue weighted by Gasteiger charge is 2.17.